The Labute approximate surface area is 164 Å². The molecule has 0 aliphatic carbocycles. The molecule has 2 atom stereocenters. The molecule has 0 saturated carbocycles. The van der Waals surface area contributed by atoms with E-state index in [4.69, 9.17) is 9.47 Å². The zero-order valence-corrected chi connectivity index (χ0v) is 16.8. The number of alkyl halides is 3. The molecule has 3 rings (SSSR count). The number of benzene rings is 1. The van der Waals surface area contributed by atoms with Gasteiger partial charge in [-0.3, -0.25) is 0 Å². The van der Waals surface area contributed by atoms with Gasteiger partial charge in [-0.2, -0.15) is 13.2 Å². The molecule has 0 bridgehead atoms. The third-order valence-corrected chi connectivity index (χ3v) is 6.07. The van der Waals surface area contributed by atoms with Crippen LogP contribution in [0.25, 0.3) is 0 Å². The lowest BCUT2D eigenvalue weighted by molar-refractivity contribution is -0.138. The molecule has 6 heteroatoms. The highest BCUT2D eigenvalue weighted by Crippen LogP contribution is 2.43. The maximum Gasteiger partial charge on any atom is 0.416 e. The van der Waals surface area contributed by atoms with Crippen molar-refractivity contribution in [3.8, 4) is 0 Å². The van der Waals surface area contributed by atoms with Crippen molar-refractivity contribution < 1.29 is 22.6 Å². The molecule has 1 unspecified atom stereocenters. The van der Waals surface area contributed by atoms with Gasteiger partial charge < -0.3 is 14.4 Å². The van der Waals surface area contributed by atoms with E-state index in [0.717, 1.165) is 24.6 Å². The Hall–Kier alpha value is -1.79. The first-order valence-electron chi connectivity index (χ1n) is 9.68. The first-order valence-corrected chi connectivity index (χ1v) is 9.68. The van der Waals surface area contributed by atoms with Crippen molar-refractivity contribution >= 4 is 0 Å². The van der Waals surface area contributed by atoms with E-state index < -0.39 is 17.3 Å². The number of halogens is 3. The minimum Gasteiger partial charge on any atom is -0.381 e. The summed E-state index contributed by atoms with van der Waals surface area (Å²) in [5, 5.41) is 0. The van der Waals surface area contributed by atoms with Gasteiger partial charge >= 0.3 is 6.18 Å². The largest absolute Gasteiger partial charge is 0.416 e. The summed E-state index contributed by atoms with van der Waals surface area (Å²) in [6, 6.07) is 4.25. The molecule has 28 heavy (non-hydrogen) atoms. The molecule has 2 aliphatic heterocycles. The van der Waals surface area contributed by atoms with Gasteiger partial charge in [0, 0.05) is 44.9 Å². The minimum absolute atomic E-state index is 0.0406. The highest BCUT2D eigenvalue weighted by atomic mass is 19.4. The maximum absolute atomic E-state index is 13.4. The van der Waals surface area contributed by atoms with Crippen molar-refractivity contribution in [3.63, 3.8) is 0 Å². The second-order valence-corrected chi connectivity index (χ2v) is 7.59. The Balaban J connectivity index is 2.03. The standard InChI is InChI=1S/C22H28F3NO2/c1-15-7-5-10-20(21(27-4)11-13-28-14-12-21)26(15)17(3)18-8-6-9-19(16(18)2)22(23,24)25/h5-10,15,17H,11-14H2,1-4H3/t15-,17?/m1/s1. The van der Waals surface area contributed by atoms with Crippen LogP contribution in [-0.2, 0) is 15.7 Å². The summed E-state index contributed by atoms with van der Waals surface area (Å²) in [7, 11) is 1.70. The molecule has 1 fully saturated rings. The molecule has 154 valence electrons. The second kappa shape index (κ2) is 7.91. The Morgan fingerprint density at radius 3 is 2.54 bits per heavy atom. The smallest absolute Gasteiger partial charge is 0.381 e. The topological polar surface area (TPSA) is 21.7 Å². The van der Waals surface area contributed by atoms with Crippen LogP contribution in [0, 0.1) is 6.92 Å². The van der Waals surface area contributed by atoms with Gasteiger partial charge in [-0.15, -0.1) is 0 Å². The van der Waals surface area contributed by atoms with Crippen LogP contribution in [0.4, 0.5) is 13.2 Å². The average molecular weight is 395 g/mol. The lowest BCUT2D eigenvalue weighted by atomic mass is 9.85. The van der Waals surface area contributed by atoms with E-state index >= 15 is 0 Å². The Morgan fingerprint density at radius 2 is 1.93 bits per heavy atom. The van der Waals surface area contributed by atoms with Crippen molar-refractivity contribution in [2.75, 3.05) is 20.3 Å². The molecule has 0 radical (unpaired) electrons. The van der Waals surface area contributed by atoms with Gasteiger partial charge in [0.1, 0.15) is 5.60 Å². The van der Waals surface area contributed by atoms with Crippen molar-refractivity contribution in [3.05, 3.63) is 58.8 Å². The number of ether oxygens (including phenoxy) is 2. The Bertz CT molecular complexity index is 764. The summed E-state index contributed by atoms with van der Waals surface area (Å²) in [6.07, 6.45) is 3.19. The molecular formula is C22H28F3NO2. The van der Waals surface area contributed by atoms with Crippen LogP contribution >= 0.6 is 0 Å². The lowest BCUT2D eigenvalue weighted by Gasteiger charge is -2.48. The maximum atomic E-state index is 13.4. The normalized spacial score (nSPS) is 23.5. The number of allylic oxidation sites excluding steroid dienone is 2. The third-order valence-electron chi connectivity index (χ3n) is 6.07. The summed E-state index contributed by atoms with van der Waals surface area (Å²) in [5.74, 6) is 0. The van der Waals surface area contributed by atoms with Crippen LogP contribution in [0.2, 0.25) is 0 Å². The number of hydrogen-bond acceptors (Lipinski definition) is 3. The summed E-state index contributed by atoms with van der Waals surface area (Å²) in [6.45, 7) is 6.80. The first kappa shape index (κ1) is 20.9. The predicted molar refractivity (Wildman–Crippen MR) is 103 cm³/mol. The van der Waals surface area contributed by atoms with E-state index in [2.05, 4.69) is 17.9 Å². The van der Waals surface area contributed by atoms with E-state index in [1.807, 2.05) is 19.1 Å². The number of methoxy groups -OCH3 is 1. The zero-order chi connectivity index (χ0) is 20.5. The van der Waals surface area contributed by atoms with Crippen LogP contribution in [0.1, 0.15) is 49.4 Å². The third kappa shape index (κ3) is 3.72. The second-order valence-electron chi connectivity index (χ2n) is 7.59. The molecule has 0 amide bonds. The molecule has 0 spiro atoms. The summed E-state index contributed by atoms with van der Waals surface area (Å²) in [4.78, 5) is 2.19. The molecule has 1 aromatic carbocycles. The van der Waals surface area contributed by atoms with E-state index in [0.29, 0.717) is 18.8 Å². The van der Waals surface area contributed by atoms with Gasteiger partial charge in [-0.05, 0) is 44.0 Å². The fourth-order valence-electron chi connectivity index (χ4n) is 4.48. The van der Waals surface area contributed by atoms with Crippen molar-refractivity contribution in [1.29, 1.82) is 0 Å². The van der Waals surface area contributed by atoms with Crippen molar-refractivity contribution in [2.24, 2.45) is 0 Å². The van der Waals surface area contributed by atoms with E-state index in [9.17, 15) is 13.2 Å². The fourth-order valence-corrected chi connectivity index (χ4v) is 4.48. The quantitative estimate of drug-likeness (QED) is 0.680. The molecule has 1 saturated heterocycles. The highest BCUT2D eigenvalue weighted by Gasteiger charge is 2.42. The number of nitrogens with zero attached hydrogens (tertiary/aromatic N) is 1. The van der Waals surface area contributed by atoms with Crippen LogP contribution < -0.4 is 0 Å². The lowest BCUT2D eigenvalue weighted by Crippen LogP contribution is -2.49. The van der Waals surface area contributed by atoms with Gasteiger partial charge in [0.25, 0.3) is 0 Å². The molecule has 2 aliphatic rings. The van der Waals surface area contributed by atoms with Gasteiger partial charge in [0.2, 0.25) is 0 Å². The van der Waals surface area contributed by atoms with Crippen LogP contribution in [-0.4, -0.2) is 36.9 Å². The van der Waals surface area contributed by atoms with Crippen LogP contribution in [0.3, 0.4) is 0 Å². The van der Waals surface area contributed by atoms with Crippen LogP contribution in [0.5, 0.6) is 0 Å². The van der Waals surface area contributed by atoms with Crippen molar-refractivity contribution in [2.45, 2.75) is 57.5 Å². The molecule has 1 aromatic rings. The van der Waals surface area contributed by atoms with E-state index in [-0.39, 0.29) is 17.6 Å². The SMILES string of the molecule is COC1(C2=CC=C[C@@H](C)N2C(C)c2cccc(C(F)(F)F)c2C)CCOCC1. The van der Waals surface area contributed by atoms with Crippen LogP contribution in [0.15, 0.2) is 42.1 Å². The van der Waals surface area contributed by atoms with Gasteiger partial charge in [0.15, 0.2) is 0 Å². The number of rotatable bonds is 4. The van der Waals surface area contributed by atoms with Crippen molar-refractivity contribution in [1.82, 2.24) is 4.90 Å². The van der Waals surface area contributed by atoms with Gasteiger partial charge in [-0.25, -0.2) is 0 Å². The number of hydrogen-bond donors (Lipinski definition) is 0. The molecular weight excluding hydrogens is 367 g/mol. The summed E-state index contributed by atoms with van der Waals surface area (Å²) in [5.41, 5.74) is 0.914. The fraction of sp³-hybridized carbons (Fsp3) is 0.545. The van der Waals surface area contributed by atoms with Gasteiger partial charge in [0.05, 0.1) is 11.6 Å². The summed E-state index contributed by atoms with van der Waals surface area (Å²) < 4.78 is 51.8. The summed E-state index contributed by atoms with van der Waals surface area (Å²) >= 11 is 0. The predicted octanol–water partition coefficient (Wildman–Crippen LogP) is 5.41. The Kier molecular flexibility index (Phi) is 5.92. The zero-order valence-electron chi connectivity index (χ0n) is 16.8. The molecule has 0 N–H and O–H groups in total. The highest BCUT2D eigenvalue weighted by molar-refractivity contribution is 5.40. The minimum atomic E-state index is -4.36. The molecule has 2 heterocycles. The monoisotopic (exact) mass is 395 g/mol. The molecule has 3 nitrogen and oxygen atoms in total. The van der Waals surface area contributed by atoms with E-state index in [1.165, 1.54) is 6.07 Å². The first-order chi connectivity index (χ1) is 13.2. The Morgan fingerprint density at radius 1 is 1.25 bits per heavy atom. The van der Waals surface area contributed by atoms with E-state index in [1.54, 1.807) is 20.1 Å². The van der Waals surface area contributed by atoms with Gasteiger partial charge in [-0.1, -0.05) is 24.3 Å². The molecule has 0 aromatic heterocycles. The average Bonchev–Trinajstić information content (AvgIpc) is 2.67.